The van der Waals surface area contributed by atoms with Crippen molar-refractivity contribution >= 4 is 0 Å². The van der Waals surface area contributed by atoms with E-state index in [-0.39, 0.29) is 11.6 Å². The van der Waals surface area contributed by atoms with Crippen molar-refractivity contribution in [3.05, 3.63) is 78.9 Å². The van der Waals surface area contributed by atoms with Gasteiger partial charge < -0.3 is 20.2 Å². The Morgan fingerprint density at radius 3 is 2.25 bits per heavy atom. The summed E-state index contributed by atoms with van der Waals surface area (Å²) in [6.45, 7) is 0. The molecule has 0 atom stereocenters. The third-order valence-corrected chi connectivity index (χ3v) is 3.88. The normalized spacial score (nSPS) is 11.7. The Bertz CT molecular complexity index is 909. The summed E-state index contributed by atoms with van der Waals surface area (Å²) < 4.78 is 1.62. The summed E-state index contributed by atoms with van der Waals surface area (Å²) in [5.41, 5.74) is -0.287. The molecule has 24 heavy (non-hydrogen) atoms. The average molecular weight is 322 g/mol. The number of phenols is 1. The van der Waals surface area contributed by atoms with Gasteiger partial charge in [0.25, 0.3) is 0 Å². The Labute approximate surface area is 136 Å². The van der Waals surface area contributed by atoms with E-state index in [1.807, 2.05) is 0 Å². The van der Waals surface area contributed by atoms with Gasteiger partial charge in [0.1, 0.15) is 5.75 Å². The lowest BCUT2D eigenvalue weighted by atomic mass is 9.95. The van der Waals surface area contributed by atoms with Crippen molar-refractivity contribution in [2.24, 2.45) is 0 Å². The van der Waals surface area contributed by atoms with Crippen LogP contribution in [0.15, 0.2) is 61.7 Å². The second kappa shape index (κ2) is 5.36. The predicted molar refractivity (Wildman–Crippen MR) is 84.5 cm³/mol. The molecule has 0 saturated heterocycles. The number of aromatic hydroxyl groups is 1. The molecule has 1 aromatic carbocycles. The first-order valence-electron chi connectivity index (χ1n) is 7.23. The molecule has 0 fully saturated rings. The minimum absolute atomic E-state index is 0.0771. The van der Waals surface area contributed by atoms with Crippen LogP contribution in [0, 0.1) is 0 Å². The van der Waals surface area contributed by atoms with Gasteiger partial charge in [-0.15, -0.1) is 0 Å². The summed E-state index contributed by atoms with van der Waals surface area (Å²) in [6.07, 6.45) is 9.21. The highest BCUT2D eigenvalue weighted by molar-refractivity contribution is 5.48. The van der Waals surface area contributed by atoms with Gasteiger partial charge in [-0.2, -0.15) is 0 Å². The van der Waals surface area contributed by atoms with Crippen LogP contribution in [0.4, 0.5) is 0 Å². The molecule has 0 aliphatic carbocycles. The van der Waals surface area contributed by atoms with Crippen molar-refractivity contribution in [2.75, 3.05) is 0 Å². The number of aromatic nitrogens is 6. The van der Waals surface area contributed by atoms with Crippen LogP contribution in [0.1, 0.15) is 17.2 Å². The number of nitrogens with one attached hydrogen (secondary N) is 2. The van der Waals surface area contributed by atoms with Gasteiger partial charge >= 0.3 is 0 Å². The molecule has 0 saturated carbocycles. The minimum atomic E-state index is -1.64. The fraction of sp³-hybridized carbons (Fsp3) is 0.0625. The Morgan fingerprint density at radius 1 is 1.00 bits per heavy atom. The quantitative estimate of drug-likeness (QED) is 0.452. The maximum Gasteiger partial charge on any atom is 0.206 e. The molecule has 4 N–H and O–H groups in total. The van der Waals surface area contributed by atoms with Crippen molar-refractivity contribution in [1.82, 2.24) is 29.5 Å². The van der Waals surface area contributed by atoms with Crippen LogP contribution >= 0.6 is 0 Å². The third kappa shape index (κ3) is 2.01. The van der Waals surface area contributed by atoms with E-state index in [2.05, 4.69) is 24.9 Å². The van der Waals surface area contributed by atoms with Gasteiger partial charge in [-0.25, -0.2) is 15.0 Å². The van der Waals surface area contributed by atoms with E-state index < -0.39 is 5.60 Å². The fourth-order valence-corrected chi connectivity index (χ4v) is 2.73. The standard InChI is InChI=1S/C16H14N6O2/c23-12-4-2-1-3-11(12)22-6-5-19-15(22)16(24,13-7-17-9-20-13)14-8-18-10-21-14/h1-10,23-24H,(H,17,20)(H,18,21). The number of H-pyrrole nitrogens is 2. The lowest BCUT2D eigenvalue weighted by molar-refractivity contribution is 0.105. The summed E-state index contributed by atoms with van der Waals surface area (Å²) in [7, 11) is 0. The first kappa shape index (κ1) is 14.2. The molecule has 8 heteroatoms. The first-order chi connectivity index (χ1) is 11.7. The van der Waals surface area contributed by atoms with Gasteiger partial charge in [-0.3, -0.25) is 4.57 Å². The Balaban J connectivity index is 1.97. The zero-order chi connectivity index (χ0) is 16.6. The highest BCUT2D eigenvalue weighted by atomic mass is 16.3. The van der Waals surface area contributed by atoms with E-state index in [1.165, 1.54) is 25.0 Å². The Kier molecular flexibility index (Phi) is 3.17. The zero-order valence-electron chi connectivity index (χ0n) is 12.5. The molecule has 3 heterocycles. The second-order valence-electron chi connectivity index (χ2n) is 5.25. The van der Waals surface area contributed by atoms with E-state index in [4.69, 9.17) is 0 Å². The molecule has 0 amide bonds. The van der Waals surface area contributed by atoms with E-state index >= 15 is 0 Å². The topological polar surface area (TPSA) is 116 Å². The highest BCUT2D eigenvalue weighted by Crippen LogP contribution is 2.35. The van der Waals surface area contributed by atoms with Gasteiger partial charge in [0, 0.05) is 12.4 Å². The first-order valence-corrected chi connectivity index (χ1v) is 7.23. The highest BCUT2D eigenvalue weighted by Gasteiger charge is 2.41. The average Bonchev–Trinajstić information content (AvgIpc) is 3.36. The number of imidazole rings is 3. The van der Waals surface area contributed by atoms with Crippen molar-refractivity contribution in [2.45, 2.75) is 5.60 Å². The monoisotopic (exact) mass is 322 g/mol. The van der Waals surface area contributed by atoms with E-state index in [9.17, 15) is 10.2 Å². The SMILES string of the molecule is Oc1ccccc1-n1ccnc1C(O)(c1cnc[nH]1)c1cnc[nH]1. The molecule has 0 spiro atoms. The van der Waals surface area contributed by atoms with Crippen LogP contribution in [0.25, 0.3) is 5.69 Å². The summed E-state index contributed by atoms with van der Waals surface area (Å²) in [6, 6.07) is 6.83. The summed E-state index contributed by atoms with van der Waals surface area (Å²) >= 11 is 0. The molecular weight excluding hydrogens is 308 g/mol. The number of aromatic amines is 2. The number of rotatable bonds is 4. The predicted octanol–water partition coefficient (Wildman–Crippen LogP) is 1.31. The summed E-state index contributed by atoms with van der Waals surface area (Å²) in [5, 5.41) is 21.7. The molecule has 4 rings (SSSR count). The zero-order valence-corrected chi connectivity index (χ0v) is 12.5. The van der Waals surface area contributed by atoms with Crippen LogP contribution in [0.3, 0.4) is 0 Å². The number of benzene rings is 1. The molecule has 120 valence electrons. The van der Waals surface area contributed by atoms with Crippen molar-refractivity contribution in [3.63, 3.8) is 0 Å². The van der Waals surface area contributed by atoms with Crippen LogP contribution < -0.4 is 0 Å². The maximum atomic E-state index is 11.5. The third-order valence-electron chi connectivity index (χ3n) is 3.88. The number of hydrogen-bond donors (Lipinski definition) is 4. The summed E-state index contributed by atoms with van der Waals surface area (Å²) in [4.78, 5) is 18.2. The molecule has 4 aromatic rings. The summed E-state index contributed by atoms with van der Waals surface area (Å²) in [5.74, 6) is 0.367. The van der Waals surface area contributed by atoms with Gasteiger partial charge in [-0.1, -0.05) is 12.1 Å². The minimum Gasteiger partial charge on any atom is -0.506 e. The smallest absolute Gasteiger partial charge is 0.206 e. The lowest BCUT2D eigenvalue weighted by Gasteiger charge is -2.26. The largest absolute Gasteiger partial charge is 0.506 e. The number of aliphatic hydroxyl groups is 1. The molecule has 0 radical (unpaired) electrons. The maximum absolute atomic E-state index is 11.5. The van der Waals surface area contributed by atoms with Gasteiger partial charge in [0.05, 0.1) is 42.1 Å². The van der Waals surface area contributed by atoms with E-state index in [0.717, 1.165) is 0 Å². The van der Waals surface area contributed by atoms with Crippen molar-refractivity contribution in [3.8, 4) is 11.4 Å². The lowest BCUT2D eigenvalue weighted by Crippen LogP contribution is -2.33. The molecular formula is C16H14N6O2. The molecule has 0 bridgehead atoms. The molecule has 0 aliphatic rings. The second-order valence-corrected chi connectivity index (χ2v) is 5.25. The van der Waals surface area contributed by atoms with E-state index in [0.29, 0.717) is 17.1 Å². The van der Waals surface area contributed by atoms with Crippen molar-refractivity contribution < 1.29 is 10.2 Å². The number of hydrogen-bond acceptors (Lipinski definition) is 5. The molecule has 8 nitrogen and oxygen atoms in total. The molecule has 3 aromatic heterocycles. The van der Waals surface area contributed by atoms with E-state index in [1.54, 1.807) is 41.2 Å². The number of para-hydroxylation sites is 2. The van der Waals surface area contributed by atoms with Crippen LogP contribution in [0.5, 0.6) is 5.75 Å². The number of phenolic OH excluding ortho intramolecular Hbond substituents is 1. The molecule has 0 aliphatic heterocycles. The van der Waals surface area contributed by atoms with Gasteiger partial charge in [-0.05, 0) is 12.1 Å². The van der Waals surface area contributed by atoms with Gasteiger partial charge in [0.15, 0.2) is 5.82 Å². The van der Waals surface area contributed by atoms with Crippen LogP contribution in [-0.2, 0) is 5.60 Å². The van der Waals surface area contributed by atoms with Crippen LogP contribution in [0.2, 0.25) is 0 Å². The fourth-order valence-electron chi connectivity index (χ4n) is 2.73. The van der Waals surface area contributed by atoms with Crippen LogP contribution in [-0.4, -0.2) is 39.7 Å². The Hall–Kier alpha value is -3.39. The van der Waals surface area contributed by atoms with Gasteiger partial charge in [0.2, 0.25) is 5.60 Å². The number of nitrogens with zero attached hydrogens (tertiary/aromatic N) is 4. The Morgan fingerprint density at radius 2 is 1.67 bits per heavy atom. The van der Waals surface area contributed by atoms with Crippen molar-refractivity contribution in [1.29, 1.82) is 0 Å². The molecule has 0 unspecified atom stereocenters.